The van der Waals surface area contributed by atoms with Gasteiger partial charge in [-0.05, 0) is 6.42 Å². The normalized spacial score (nSPS) is 19.8. The summed E-state index contributed by atoms with van der Waals surface area (Å²) < 4.78 is 37.7. The summed E-state index contributed by atoms with van der Waals surface area (Å²) >= 11 is 0. The maximum Gasteiger partial charge on any atom is 0.405 e. The van der Waals surface area contributed by atoms with Gasteiger partial charge in [0.05, 0.1) is 6.33 Å². The van der Waals surface area contributed by atoms with Crippen molar-refractivity contribution < 1.29 is 18.0 Å². The number of carbonyl (C=O) groups excluding carboxylic acids is 1. The second-order valence-electron chi connectivity index (χ2n) is 4.10. The van der Waals surface area contributed by atoms with Crippen LogP contribution in [0.1, 0.15) is 12.1 Å². The lowest BCUT2D eigenvalue weighted by atomic mass is 9.95. The molecular formula is C10H12F3N3O. The van der Waals surface area contributed by atoms with Gasteiger partial charge in [-0.25, -0.2) is 4.98 Å². The van der Waals surface area contributed by atoms with Crippen LogP contribution in [0.5, 0.6) is 0 Å². The Kier molecular flexibility index (Phi) is 3.08. The van der Waals surface area contributed by atoms with Crippen molar-refractivity contribution in [2.75, 3.05) is 6.54 Å². The maximum atomic E-state index is 11.9. The fourth-order valence-electron chi connectivity index (χ4n) is 1.92. The standard InChI is InChI=1S/C10H12F3N3O/c11-10(12,13)5-15-9(17)7-1-2-16-6-14-4-8(16)3-7/h4,6-7H,1-3,5H2,(H,15,17). The summed E-state index contributed by atoms with van der Waals surface area (Å²) in [6, 6.07) is 0. The van der Waals surface area contributed by atoms with Crippen LogP contribution in [0.2, 0.25) is 0 Å². The minimum absolute atomic E-state index is 0.387. The lowest BCUT2D eigenvalue weighted by Gasteiger charge is -2.23. The van der Waals surface area contributed by atoms with Crippen molar-refractivity contribution in [1.29, 1.82) is 0 Å². The van der Waals surface area contributed by atoms with Crippen LogP contribution >= 0.6 is 0 Å². The Labute approximate surface area is 95.8 Å². The van der Waals surface area contributed by atoms with E-state index in [1.54, 1.807) is 12.5 Å². The van der Waals surface area contributed by atoms with Crippen molar-refractivity contribution in [2.24, 2.45) is 5.92 Å². The Morgan fingerprint density at radius 2 is 2.35 bits per heavy atom. The number of carbonyl (C=O) groups is 1. The van der Waals surface area contributed by atoms with Gasteiger partial charge in [0.1, 0.15) is 6.54 Å². The van der Waals surface area contributed by atoms with Gasteiger partial charge in [-0.1, -0.05) is 0 Å². The lowest BCUT2D eigenvalue weighted by Crippen LogP contribution is -2.40. The van der Waals surface area contributed by atoms with Crippen LogP contribution in [0.4, 0.5) is 13.2 Å². The Bertz CT molecular complexity index is 413. The molecule has 1 N–H and O–H groups in total. The van der Waals surface area contributed by atoms with Crippen molar-refractivity contribution in [1.82, 2.24) is 14.9 Å². The molecule has 2 heterocycles. The van der Waals surface area contributed by atoms with Crippen molar-refractivity contribution in [3.8, 4) is 0 Å². The maximum absolute atomic E-state index is 11.9. The predicted octanol–water partition coefficient (Wildman–Crippen LogP) is 1.12. The summed E-state index contributed by atoms with van der Waals surface area (Å²) in [4.78, 5) is 15.5. The SMILES string of the molecule is O=C(NCC(F)(F)F)C1CCn2cncc2C1. The zero-order valence-corrected chi connectivity index (χ0v) is 9.00. The van der Waals surface area contributed by atoms with E-state index in [9.17, 15) is 18.0 Å². The molecule has 0 bridgehead atoms. The number of rotatable bonds is 2. The number of amides is 1. The molecule has 1 aliphatic rings. The van der Waals surface area contributed by atoms with Gasteiger partial charge in [0, 0.05) is 30.8 Å². The molecule has 0 saturated carbocycles. The van der Waals surface area contributed by atoms with Gasteiger partial charge in [0.25, 0.3) is 0 Å². The average molecular weight is 247 g/mol. The third kappa shape index (κ3) is 2.98. The van der Waals surface area contributed by atoms with Gasteiger partial charge < -0.3 is 9.88 Å². The molecule has 2 rings (SSSR count). The predicted molar refractivity (Wildman–Crippen MR) is 53.1 cm³/mol. The quantitative estimate of drug-likeness (QED) is 0.851. The van der Waals surface area contributed by atoms with E-state index >= 15 is 0 Å². The third-order valence-electron chi connectivity index (χ3n) is 2.81. The molecule has 17 heavy (non-hydrogen) atoms. The topological polar surface area (TPSA) is 46.9 Å². The highest BCUT2D eigenvalue weighted by Crippen LogP contribution is 2.20. The number of nitrogens with zero attached hydrogens (tertiary/aromatic N) is 2. The summed E-state index contributed by atoms with van der Waals surface area (Å²) in [5.41, 5.74) is 0.892. The number of imidazole rings is 1. The molecule has 94 valence electrons. The number of halogens is 3. The molecule has 1 aliphatic heterocycles. The number of fused-ring (bicyclic) bond motifs is 1. The zero-order chi connectivity index (χ0) is 12.5. The zero-order valence-electron chi connectivity index (χ0n) is 9.00. The molecular weight excluding hydrogens is 235 g/mol. The first-order valence-electron chi connectivity index (χ1n) is 5.29. The van der Waals surface area contributed by atoms with E-state index in [1.165, 1.54) is 0 Å². The highest BCUT2D eigenvalue weighted by atomic mass is 19.4. The summed E-state index contributed by atoms with van der Waals surface area (Å²) in [7, 11) is 0. The van der Waals surface area contributed by atoms with E-state index in [-0.39, 0.29) is 5.92 Å². The van der Waals surface area contributed by atoms with Crippen LogP contribution in [-0.2, 0) is 17.8 Å². The first-order chi connectivity index (χ1) is 7.96. The smallest absolute Gasteiger partial charge is 0.347 e. The van der Waals surface area contributed by atoms with Crippen LogP contribution in [0.25, 0.3) is 0 Å². The molecule has 0 radical (unpaired) electrons. The summed E-state index contributed by atoms with van der Waals surface area (Å²) in [5.74, 6) is -0.920. The molecule has 1 atom stereocenters. The van der Waals surface area contributed by atoms with E-state index in [0.29, 0.717) is 19.4 Å². The van der Waals surface area contributed by atoms with Gasteiger partial charge in [-0.3, -0.25) is 4.79 Å². The van der Waals surface area contributed by atoms with Crippen LogP contribution in [0, 0.1) is 5.92 Å². The number of nitrogens with one attached hydrogen (secondary N) is 1. The first kappa shape index (κ1) is 11.9. The monoisotopic (exact) mass is 247 g/mol. The fraction of sp³-hybridized carbons (Fsp3) is 0.600. The largest absolute Gasteiger partial charge is 0.405 e. The van der Waals surface area contributed by atoms with Crippen LogP contribution in [0.15, 0.2) is 12.5 Å². The molecule has 1 aromatic heterocycles. The van der Waals surface area contributed by atoms with Gasteiger partial charge in [0.2, 0.25) is 5.91 Å². The number of aryl methyl sites for hydroxylation is 1. The van der Waals surface area contributed by atoms with E-state index in [1.807, 2.05) is 9.88 Å². The van der Waals surface area contributed by atoms with E-state index in [0.717, 1.165) is 5.69 Å². The van der Waals surface area contributed by atoms with Gasteiger partial charge >= 0.3 is 6.18 Å². The third-order valence-corrected chi connectivity index (χ3v) is 2.81. The molecule has 1 aromatic rings. The Morgan fingerprint density at radius 1 is 1.59 bits per heavy atom. The average Bonchev–Trinajstić information content (AvgIpc) is 2.71. The Balaban J connectivity index is 1.90. The summed E-state index contributed by atoms with van der Waals surface area (Å²) in [6.07, 6.45) is -0.0504. The van der Waals surface area contributed by atoms with E-state index in [4.69, 9.17) is 0 Å². The number of alkyl halides is 3. The molecule has 4 nitrogen and oxygen atoms in total. The number of aromatic nitrogens is 2. The van der Waals surface area contributed by atoms with Crippen molar-refractivity contribution in [3.63, 3.8) is 0 Å². The molecule has 1 unspecified atom stereocenters. The van der Waals surface area contributed by atoms with E-state index in [2.05, 4.69) is 4.98 Å². The second kappa shape index (κ2) is 4.38. The molecule has 0 spiro atoms. The Morgan fingerprint density at radius 3 is 3.06 bits per heavy atom. The fourth-order valence-corrected chi connectivity index (χ4v) is 1.92. The van der Waals surface area contributed by atoms with E-state index < -0.39 is 18.6 Å². The van der Waals surface area contributed by atoms with Crippen LogP contribution in [0.3, 0.4) is 0 Å². The number of hydrogen-bond acceptors (Lipinski definition) is 2. The molecule has 0 aromatic carbocycles. The van der Waals surface area contributed by atoms with Crippen LogP contribution in [-0.4, -0.2) is 28.2 Å². The van der Waals surface area contributed by atoms with Gasteiger partial charge in [0.15, 0.2) is 0 Å². The highest BCUT2D eigenvalue weighted by Gasteiger charge is 2.30. The van der Waals surface area contributed by atoms with Crippen molar-refractivity contribution in [3.05, 3.63) is 18.2 Å². The summed E-state index contributed by atoms with van der Waals surface area (Å²) in [6.45, 7) is -0.638. The molecule has 0 aliphatic carbocycles. The molecule has 7 heteroatoms. The minimum atomic E-state index is -4.36. The van der Waals surface area contributed by atoms with Gasteiger partial charge in [-0.15, -0.1) is 0 Å². The molecule has 0 fully saturated rings. The van der Waals surface area contributed by atoms with Gasteiger partial charge in [-0.2, -0.15) is 13.2 Å². The minimum Gasteiger partial charge on any atom is -0.347 e. The van der Waals surface area contributed by atoms with Crippen LogP contribution < -0.4 is 5.32 Å². The summed E-state index contributed by atoms with van der Waals surface area (Å²) in [5, 5.41) is 1.92. The van der Waals surface area contributed by atoms with Crippen molar-refractivity contribution in [2.45, 2.75) is 25.6 Å². The first-order valence-corrected chi connectivity index (χ1v) is 5.29. The van der Waals surface area contributed by atoms with Crippen molar-refractivity contribution >= 4 is 5.91 Å². The number of hydrogen-bond donors (Lipinski definition) is 1. The Hall–Kier alpha value is -1.53. The second-order valence-corrected chi connectivity index (χ2v) is 4.10. The highest BCUT2D eigenvalue weighted by molar-refractivity contribution is 5.79. The molecule has 1 amide bonds. The molecule has 0 saturated heterocycles. The lowest BCUT2D eigenvalue weighted by molar-refractivity contribution is -0.141.